The van der Waals surface area contributed by atoms with Crippen LogP contribution >= 0.6 is 0 Å². The molecule has 0 saturated heterocycles. The van der Waals surface area contributed by atoms with Crippen molar-refractivity contribution < 1.29 is 19.5 Å². The first-order valence-electron chi connectivity index (χ1n) is 7.37. The molecule has 0 bridgehead atoms. The zero-order valence-electron chi connectivity index (χ0n) is 13.5. The Morgan fingerprint density at radius 2 is 1.78 bits per heavy atom. The van der Waals surface area contributed by atoms with Crippen molar-refractivity contribution in [1.29, 1.82) is 0 Å². The molecule has 0 radical (unpaired) electrons. The van der Waals surface area contributed by atoms with E-state index in [0.29, 0.717) is 6.42 Å². The molecule has 0 spiro atoms. The lowest BCUT2D eigenvalue weighted by atomic mass is 10.0. The third-order valence-corrected chi connectivity index (χ3v) is 2.98. The molecule has 1 aromatic rings. The average molecular weight is 318 g/mol. The van der Waals surface area contributed by atoms with Gasteiger partial charge in [0.2, 0.25) is 5.91 Å². The van der Waals surface area contributed by atoms with Crippen molar-refractivity contribution in [3.05, 3.63) is 41.6 Å². The van der Waals surface area contributed by atoms with E-state index in [-0.39, 0.29) is 11.6 Å². The number of carbonyl (C=O) groups excluding carboxylic acids is 2. The maximum atomic E-state index is 12.3. The maximum Gasteiger partial charge on any atom is 0.326 e. The van der Waals surface area contributed by atoms with Crippen LogP contribution in [0.4, 0.5) is 0 Å². The molecule has 3 N–H and O–H groups in total. The molecular formula is C17H22N2O4. The molecule has 1 unspecified atom stereocenters. The summed E-state index contributed by atoms with van der Waals surface area (Å²) >= 11 is 0. The van der Waals surface area contributed by atoms with Gasteiger partial charge < -0.3 is 15.7 Å². The monoisotopic (exact) mass is 318 g/mol. The van der Waals surface area contributed by atoms with E-state index in [9.17, 15) is 19.5 Å². The summed E-state index contributed by atoms with van der Waals surface area (Å²) in [5.41, 5.74) is 0.737. The number of rotatable bonds is 7. The number of hydrogen-bond acceptors (Lipinski definition) is 3. The van der Waals surface area contributed by atoms with Crippen LogP contribution in [-0.4, -0.2) is 28.9 Å². The van der Waals surface area contributed by atoms with Gasteiger partial charge in [0, 0.05) is 6.92 Å². The van der Waals surface area contributed by atoms with Crippen molar-refractivity contribution in [2.24, 2.45) is 5.92 Å². The number of carbonyl (C=O) groups is 3. The van der Waals surface area contributed by atoms with E-state index in [2.05, 4.69) is 10.6 Å². The zero-order chi connectivity index (χ0) is 17.4. The molecule has 1 rings (SSSR count). The Bertz CT molecular complexity index is 594. The van der Waals surface area contributed by atoms with Crippen molar-refractivity contribution in [3.63, 3.8) is 0 Å². The van der Waals surface area contributed by atoms with Crippen LogP contribution in [-0.2, 0) is 14.4 Å². The molecule has 0 aliphatic carbocycles. The molecule has 23 heavy (non-hydrogen) atoms. The minimum absolute atomic E-state index is 0.0127. The van der Waals surface area contributed by atoms with Gasteiger partial charge in [-0.05, 0) is 24.0 Å². The van der Waals surface area contributed by atoms with Crippen LogP contribution in [0.1, 0.15) is 32.8 Å². The van der Waals surface area contributed by atoms with Gasteiger partial charge in [-0.15, -0.1) is 0 Å². The number of carboxylic acid groups (broad SMARTS) is 1. The van der Waals surface area contributed by atoms with Crippen LogP contribution < -0.4 is 10.6 Å². The fourth-order valence-electron chi connectivity index (χ4n) is 1.99. The van der Waals surface area contributed by atoms with Gasteiger partial charge in [-0.1, -0.05) is 44.2 Å². The number of benzene rings is 1. The molecule has 1 atom stereocenters. The van der Waals surface area contributed by atoms with E-state index < -0.39 is 23.8 Å². The largest absolute Gasteiger partial charge is 0.480 e. The van der Waals surface area contributed by atoms with Crippen LogP contribution in [0.15, 0.2) is 36.0 Å². The fraction of sp³-hybridized carbons (Fsp3) is 0.353. The summed E-state index contributed by atoms with van der Waals surface area (Å²) in [5.74, 6) is -2.03. The Balaban J connectivity index is 2.97. The van der Waals surface area contributed by atoms with Gasteiger partial charge in [0.25, 0.3) is 5.91 Å². The molecule has 0 aliphatic rings. The third-order valence-electron chi connectivity index (χ3n) is 2.98. The summed E-state index contributed by atoms with van der Waals surface area (Å²) in [6, 6.07) is 7.98. The predicted octanol–water partition coefficient (Wildman–Crippen LogP) is 1.78. The van der Waals surface area contributed by atoms with Gasteiger partial charge in [-0.2, -0.15) is 0 Å². The lowest BCUT2D eigenvalue weighted by Gasteiger charge is -2.17. The number of nitrogens with one attached hydrogen (secondary N) is 2. The summed E-state index contributed by atoms with van der Waals surface area (Å²) in [6.45, 7) is 5.03. The molecule has 124 valence electrons. The average Bonchev–Trinajstić information content (AvgIpc) is 2.45. The minimum atomic E-state index is -1.10. The van der Waals surface area contributed by atoms with E-state index in [1.807, 2.05) is 19.9 Å². The summed E-state index contributed by atoms with van der Waals surface area (Å²) in [5, 5.41) is 14.1. The molecule has 0 saturated carbocycles. The third kappa shape index (κ3) is 6.78. The maximum absolute atomic E-state index is 12.3. The van der Waals surface area contributed by atoms with E-state index in [1.165, 1.54) is 13.0 Å². The van der Waals surface area contributed by atoms with Crippen LogP contribution in [0.2, 0.25) is 0 Å². The van der Waals surface area contributed by atoms with Crippen LogP contribution in [0.25, 0.3) is 6.08 Å². The van der Waals surface area contributed by atoms with Crippen LogP contribution in [0, 0.1) is 5.92 Å². The molecule has 1 aromatic carbocycles. The molecule has 0 aromatic heterocycles. The van der Waals surface area contributed by atoms with E-state index in [0.717, 1.165) is 5.56 Å². The topological polar surface area (TPSA) is 95.5 Å². The number of carboxylic acids is 1. The molecule has 2 amide bonds. The molecule has 6 nitrogen and oxygen atoms in total. The highest BCUT2D eigenvalue weighted by molar-refractivity contribution is 6.02. The van der Waals surface area contributed by atoms with Gasteiger partial charge in [0.05, 0.1) is 0 Å². The molecule has 0 fully saturated rings. The first kappa shape index (κ1) is 18.4. The van der Waals surface area contributed by atoms with E-state index in [1.54, 1.807) is 24.3 Å². The Morgan fingerprint density at radius 3 is 2.26 bits per heavy atom. The van der Waals surface area contributed by atoms with E-state index in [4.69, 9.17) is 0 Å². The second kappa shape index (κ2) is 8.73. The molecule has 0 aliphatic heterocycles. The first-order valence-corrected chi connectivity index (χ1v) is 7.37. The minimum Gasteiger partial charge on any atom is -0.480 e. The summed E-state index contributed by atoms with van der Waals surface area (Å²) < 4.78 is 0. The summed E-state index contributed by atoms with van der Waals surface area (Å²) in [7, 11) is 0. The Hall–Kier alpha value is -2.63. The number of amides is 2. The highest BCUT2D eigenvalue weighted by Gasteiger charge is 2.23. The fourth-order valence-corrected chi connectivity index (χ4v) is 1.99. The Kier molecular flexibility index (Phi) is 6.99. The lowest BCUT2D eigenvalue weighted by molar-refractivity contribution is -0.141. The van der Waals surface area contributed by atoms with Crippen LogP contribution in [0.5, 0.6) is 0 Å². The molecular weight excluding hydrogens is 296 g/mol. The Labute approximate surface area is 135 Å². The zero-order valence-corrected chi connectivity index (χ0v) is 13.5. The number of hydrogen-bond donors (Lipinski definition) is 3. The molecule has 6 heteroatoms. The highest BCUT2D eigenvalue weighted by atomic mass is 16.4. The lowest BCUT2D eigenvalue weighted by Crippen LogP contribution is -2.44. The first-order chi connectivity index (χ1) is 10.8. The van der Waals surface area contributed by atoms with Gasteiger partial charge in [-0.3, -0.25) is 9.59 Å². The SMILES string of the molecule is CC(=O)NC(=Cc1ccccc1)C(=O)NC(CC(C)C)C(=O)O. The van der Waals surface area contributed by atoms with Crippen molar-refractivity contribution in [2.75, 3.05) is 0 Å². The van der Waals surface area contributed by atoms with Crippen molar-refractivity contribution in [3.8, 4) is 0 Å². The van der Waals surface area contributed by atoms with Gasteiger partial charge in [0.15, 0.2) is 0 Å². The van der Waals surface area contributed by atoms with Crippen LogP contribution in [0.3, 0.4) is 0 Å². The second-order valence-corrected chi connectivity index (χ2v) is 5.64. The normalized spacial score (nSPS) is 12.6. The quantitative estimate of drug-likeness (QED) is 0.668. The van der Waals surface area contributed by atoms with E-state index >= 15 is 0 Å². The summed E-state index contributed by atoms with van der Waals surface area (Å²) in [6.07, 6.45) is 1.81. The van der Waals surface area contributed by atoms with Crippen molar-refractivity contribution in [2.45, 2.75) is 33.2 Å². The molecule has 0 heterocycles. The van der Waals surface area contributed by atoms with Gasteiger partial charge >= 0.3 is 5.97 Å². The highest BCUT2D eigenvalue weighted by Crippen LogP contribution is 2.08. The number of aliphatic carboxylic acids is 1. The van der Waals surface area contributed by atoms with Crippen molar-refractivity contribution >= 4 is 23.9 Å². The van der Waals surface area contributed by atoms with Gasteiger partial charge in [0.1, 0.15) is 11.7 Å². The second-order valence-electron chi connectivity index (χ2n) is 5.64. The summed E-state index contributed by atoms with van der Waals surface area (Å²) in [4.78, 5) is 34.9. The smallest absolute Gasteiger partial charge is 0.326 e. The standard InChI is InChI=1S/C17H22N2O4/c1-11(2)9-15(17(22)23)19-16(21)14(18-12(3)20)10-13-7-5-4-6-8-13/h4-8,10-11,15H,9H2,1-3H3,(H,18,20)(H,19,21)(H,22,23). The predicted molar refractivity (Wildman–Crippen MR) is 87.3 cm³/mol. The Morgan fingerprint density at radius 1 is 1.17 bits per heavy atom. The van der Waals surface area contributed by atoms with Gasteiger partial charge in [-0.25, -0.2) is 4.79 Å². The van der Waals surface area contributed by atoms with Crippen molar-refractivity contribution in [1.82, 2.24) is 10.6 Å².